The monoisotopic (exact) mass is 261 g/mol. The van der Waals surface area contributed by atoms with Crippen LogP contribution in [0, 0.1) is 5.92 Å². The molecule has 0 unspecified atom stereocenters. The largest absolute Gasteiger partial charge is 0.392 e. The second-order valence-corrected chi connectivity index (χ2v) is 5.36. The summed E-state index contributed by atoms with van der Waals surface area (Å²) in [6.45, 7) is 6.93. The van der Waals surface area contributed by atoms with Crippen LogP contribution in [-0.2, 0) is 17.9 Å². The van der Waals surface area contributed by atoms with Gasteiger partial charge in [-0.05, 0) is 35.4 Å². The van der Waals surface area contributed by atoms with Crippen molar-refractivity contribution in [3.63, 3.8) is 0 Å². The van der Waals surface area contributed by atoms with E-state index >= 15 is 0 Å². The van der Waals surface area contributed by atoms with Gasteiger partial charge in [0.2, 0.25) is 0 Å². The van der Waals surface area contributed by atoms with E-state index in [1.165, 1.54) is 10.9 Å². The number of rotatable bonds is 7. The SMILES string of the molecule is CC(C)CCOCCn1ccc2ccc(CO)cc21. The van der Waals surface area contributed by atoms with E-state index in [1.807, 2.05) is 12.1 Å². The molecular formula is C16H23NO2. The summed E-state index contributed by atoms with van der Waals surface area (Å²) in [5.41, 5.74) is 2.12. The summed E-state index contributed by atoms with van der Waals surface area (Å²) in [5, 5.41) is 10.4. The first-order valence-corrected chi connectivity index (χ1v) is 6.97. The fraction of sp³-hybridized carbons (Fsp3) is 0.500. The first-order valence-electron chi connectivity index (χ1n) is 6.97. The molecule has 1 aromatic heterocycles. The number of nitrogens with zero attached hydrogens (tertiary/aromatic N) is 1. The van der Waals surface area contributed by atoms with Crippen LogP contribution >= 0.6 is 0 Å². The molecular weight excluding hydrogens is 238 g/mol. The van der Waals surface area contributed by atoms with Crippen molar-refractivity contribution in [1.29, 1.82) is 0 Å². The Morgan fingerprint density at radius 3 is 2.79 bits per heavy atom. The summed E-state index contributed by atoms with van der Waals surface area (Å²) >= 11 is 0. The van der Waals surface area contributed by atoms with E-state index < -0.39 is 0 Å². The van der Waals surface area contributed by atoms with Gasteiger partial charge in [0.1, 0.15) is 0 Å². The summed E-state index contributed by atoms with van der Waals surface area (Å²) in [5.74, 6) is 0.694. The number of aliphatic hydroxyl groups is 1. The molecule has 0 radical (unpaired) electrons. The Kier molecular flexibility index (Phi) is 5.00. The molecule has 0 aliphatic heterocycles. The third-order valence-electron chi connectivity index (χ3n) is 3.34. The van der Waals surface area contributed by atoms with Gasteiger partial charge in [-0.25, -0.2) is 0 Å². The minimum atomic E-state index is 0.0893. The maximum Gasteiger partial charge on any atom is 0.0682 e. The van der Waals surface area contributed by atoms with E-state index in [9.17, 15) is 5.11 Å². The van der Waals surface area contributed by atoms with Crippen LogP contribution in [0.15, 0.2) is 30.5 Å². The summed E-state index contributed by atoms with van der Waals surface area (Å²) in [6.07, 6.45) is 3.19. The lowest BCUT2D eigenvalue weighted by Crippen LogP contribution is -2.07. The third kappa shape index (κ3) is 3.82. The molecule has 0 saturated heterocycles. The first kappa shape index (κ1) is 14.1. The molecule has 0 spiro atoms. The van der Waals surface area contributed by atoms with Gasteiger partial charge in [-0.1, -0.05) is 26.0 Å². The van der Waals surface area contributed by atoms with Gasteiger partial charge >= 0.3 is 0 Å². The highest BCUT2D eigenvalue weighted by molar-refractivity contribution is 5.80. The molecule has 19 heavy (non-hydrogen) atoms. The lowest BCUT2D eigenvalue weighted by atomic mass is 10.1. The normalized spacial score (nSPS) is 11.6. The maximum absolute atomic E-state index is 9.19. The van der Waals surface area contributed by atoms with Crippen molar-refractivity contribution in [3.8, 4) is 0 Å². The van der Waals surface area contributed by atoms with Crippen molar-refractivity contribution in [2.75, 3.05) is 13.2 Å². The zero-order chi connectivity index (χ0) is 13.7. The minimum absolute atomic E-state index is 0.0893. The Morgan fingerprint density at radius 2 is 2.05 bits per heavy atom. The average Bonchev–Trinajstić information content (AvgIpc) is 2.80. The molecule has 0 saturated carbocycles. The molecule has 3 heteroatoms. The quantitative estimate of drug-likeness (QED) is 0.777. The highest BCUT2D eigenvalue weighted by Gasteiger charge is 2.02. The molecule has 0 aliphatic carbocycles. The van der Waals surface area contributed by atoms with Crippen LogP contribution in [0.3, 0.4) is 0 Å². The number of aliphatic hydroxyl groups excluding tert-OH is 1. The number of aromatic nitrogens is 1. The van der Waals surface area contributed by atoms with Gasteiger partial charge in [-0.3, -0.25) is 0 Å². The van der Waals surface area contributed by atoms with Crippen LogP contribution in [0.4, 0.5) is 0 Å². The number of fused-ring (bicyclic) bond motifs is 1. The third-order valence-corrected chi connectivity index (χ3v) is 3.34. The van der Waals surface area contributed by atoms with Gasteiger partial charge in [0.25, 0.3) is 0 Å². The van der Waals surface area contributed by atoms with Crippen molar-refractivity contribution in [2.45, 2.75) is 33.4 Å². The second-order valence-electron chi connectivity index (χ2n) is 5.36. The van der Waals surface area contributed by atoms with Crippen molar-refractivity contribution in [2.24, 2.45) is 5.92 Å². The molecule has 0 aliphatic rings. The van der Waals surface area contributed by atoms with Crippen LogP contribution in [0.25, 0.3) is 10.9 Å². The number of benzene rings is 1. The van der Waals surface area contributed by atoms with Gasteiger partial charge < -0.3 is 14.4 Å². The summed E-state index contributed by atoms with van der Waals surface area (Å²) in [7, 11) is 0. The van der Waals surface area contributed by atoms with Crippen LogP contribution in [0.1, 0.15) is 25.8 Å². The van der Waals surface area contributed by atoms with E-state index in [1.54, 1.807) is 0 Å². The Bertz CT molecular complexity index is 516. The Morgan fingerprint density at radius 1 is 1.21 bits per heavy atom. The van der Waals surface area contributed by atoms with Crippen LogP contribution < -0.4 is 0 Å². The van der Waals surface area contributed by atoms with Crippen molar-refractivity contribution >= 4 is 10.9 Å². The summed E-state index contributed by atoms with van der Waals surface area (Å²) < 4.78 is 7.84. The number of hydrogen-bond acceptors (Lipinski definition) is 2. The fourth-order valence-electron chi connectivity index (χ4n) is 2.11. The summed E-state index contributed by atoms with van der Waals surface area (Å²) in [6, 6.07) is 8.16. The Labute approximate surface area is 114 Å². The van der Waals surface area contributed by atoms with E-state index in [-0.39, 0.29) is 6.61 Å². The Hall–Kier alpha value is -1.32. The zero-order valence-electron chi connectivity index (χ0n) is 11.8. The van der Waals surface area contributed by atoms with E-state index in [4.69, 9.17) is 4.74 Å². The predicted molar refractivity (Wildman–Crippen MR) is 78.1 cm³/mol. The first-order chi connectivity index (χ1) is 9.20. The van der Waals surface area contributed by atoms with Crippen molar-refractivity contribution in [1.82, 2.24) is 4.57 Å². The van der Waals surface area contributed by atoms with Gasteiger partial charge in [-0.15, -0.1) is 0 Å². The summed E-state index contributed by atoms with van der Waals surface area (Å²) in [4.78, 5) is 0. The standard InChI is InChI=1S/C16H23NO2/c1-13(2)6-9-19-10-8-17-7-5-15-4-3-14(12-18)11-16(15)17/h3-5,7,11,13,18H,6,8-10,12H2,1-2H3. The Balaban J connectivity index is 1.93. The fourth-order valence-corrected chi connectivity index (χ4v) is 2.11. The molecule has 0 fully saturated rings. The molecule has 0 amide bonds. The lowest BCUT2D eigenvalue weighted by molar-refractivity contribution is 0.117. The molecule has 2 aromatic rings. The van der Waals surface area contributed by atoms with E-state index in [0.29, 0.717) is 5.92 Å². The molecule has 104 valence electrons. The van der Waals surface area contributed by atoms with Gasteiger partial charge in [0.15, 0.2) is 0 Å². The molecule has 1 aromatic carbocycles. The molecule has 0 atom stereocenters. The van der Waals surface area contributed by atoms with Crippen LogP contribution in [0.2, 0.25) is 0 Å². The smallest absolute Gasteiger partial charge is 0.0682 e. The van der Waals surface area contributed by atoms with Gasteiger partial charge in [-0.2, -0.15) is 0 Å². The molecule has 1 heterocycles. The topological polar surface area (TPSA) is 34.4 Å². The minimum Gasteiger partial charge on any atom is -0.392 e. The predicted octanol–water partition coefficient (Wildman–Crippen LogP) is 3.20. The van der Waals surface area contributed by atoms with Gasteiger partial charge in [0.05, 0.1) is 13.2 Å². The number of ether oxygens (including phenoxy) is 1. The van der Waals surface area contributed by atoms with E-state index in [2.05, 4.69) is 36.7 Å². The molecule has 3 nitrogen and oxygen atoms in total. The van der Waals surface area contributed by atoms with E-state index in [0.717, 1.165) is 31.7 Å². The second kappa shape index (κ2) is 6.73. The highest BCUT2D eigenvalue weighted by atomic mass is 16.5. The molecule has 1 N–H and O–H groups in total. The van der Waals surface area contributed by atoms with Gasteiger partial charge in [0, 0.05) is 24.9 Å². The number of hydrogen-bond donors (Lipinski definition) is 1. The van der Waals surface area contributed by atoms with Crippen molar-refractivity contribution in [3.05, 3.63) is 36.0 Å². The molecule has 2 rings (SSSR count). The van der Waals surface area contributed by atoms with Crippen molar-refractivity contribution < 1.29 is 9.84 Å². The maximum atomic E-state index is 9.19. The lowest BCUT2D eigenvalue weighted by Gasteiger charge is -2.08. The molecule has 0 bridgehead atoms. The zero-order valence-corrected chi connectivity index (χ0v) is 11.8. The van der Waals surface area contributed by atoms with Crippen LogP contribution in [-0.4, -0.2) is 22.9 Å². The average molecular weight is 261 g/mol. The van der Waals surface area contributed by atoms with Crippen LogP contribution in [0.5, 0.6) is 0 Å². The highest BCUT2D eigenvalue weighted by Crippen LogP contribution is 2.17.